The van der Waals surface area contributed by atoms with E-state index in [1.165, 1.54) is 36.4 Å². The van der Waals surface area contributed by atoms with Gasteiger partial charge in [-0.3, -0.25) is 4.55 Å². The number of benzene rings is 2. The maximum absolute atomic E-state index is 12.6. The topological polar surface area (TPSA) is 101 Å². The molecule has 0 amide bonds. The number of alkyl halides is 3. The van der Waals surface area contributed by atoms with Crippen molar-refractivity contribution in [3.8, 4) is 0 Å². The van der Waals surface area contributed by atoms with E-state index in [2.05, 4.69) is 0 Å². The van der Waals surface area contributed by atoms with E-state index in [1.807, 2.05) is 0 Å². The lowest BCUT2D eigenvalue weighted by Gasteiger charge is -2.18. The SMILES string of the molecule is Cc1ccc(N(C=Cc2ccc(C(F)(F)F)cc2)S(=O)O)c(S(N)(=O)=O)c1. The first-order valence-corrected chi connectivity index (χ1v) is 9.90. The van der Waals surface area contributed by atoms with E-state index in [4.69, 9.17) is 5.14 Å². The first-order chi connectivity index (χ1) is 12.4. The summed E-state index contributed by atoms with van der Waals surface area (Å²) < 4.78 is 83.2. The highest BCUT2D eigenvalue weighted by Gasteiger charge is 2.29. The van der Waals surface area contributed by atoms with E-state index in [1.54, 1.807) is 6.92 Å². The minimum atomic E-state index is -4.48. The third kappa shape index (κ3) is 5.39. The summed E-state index contributed by atoms with van der Waals surface area (Å²) in [4.78, 5) is -0.359. The quantitative estimate of drug-likeness (QED) is 0.725. The first kappa shape index (κ1) is 21.1. The summed E-state index contributed by atoms with van der Waals surface area (Å²) in [6, 6.07) is 8.15. The molecule has 0 aliphatic heterocycles. The molecule has 0 bridgehead atoms. The summed E-state index contributed by atoms with van der Waals surface area (Å²) in [6.45, 7) is 1.62. The molecule has 0 aliphatic rings. The lowest BCUT2D eigenvalue weighted by atomic mass is 10.1. The summed E-state index contributed by atoms with van der Waals surface area (Å²) in [5.74, 6) is 0. The molecule has 1 atom stereocenters. The molecular weight excluding hydrogens is 405 g/mol. The van der Waals surface area contributed by atoms with Crippen LogP contribution in [-0.4, -0.2) is 17.2 Å². The van der Waals surface area contributed by atoms with Crippen molar-refractivity contribution in [2.24, 2.45) is 5.14 Å². The van der Waals surface area contributed by atoms with Crippen molar-refractivity contribution in [2.45, 2.75) is 18.0 Å². The number of aryl methyl sites for hydroxylation is 1. The Morgan fingerprint density at radius 3 is 2.22 bits per heavy atom. The van der Waals surface area contributed by atoms with Gasteiger partial charge in [-0.15, -0.1) is 0 Å². The van der Waals surface area contributed by atoms with Gasteiger partial charge in [-0.1, -0.05) is 18.2 Å². The monoisotopic (exact) mass is 420 g/mol. The molecule has 0 aromatic heterocycles. The van der Waals surface area contributed by atoms with Crippen molar-refractivity contribution < 1.29 is 30.4 Å². The van der Waals surface area contributed by atoms with Gasteiger partial charge >= 0.3 is 6.18 Å². The molecule has 2 aromatic rings. The number of nitrogens with two attached hydrogens (primary N) is 1. The van der Waals surface area contributed by atoms with E-state index in [9.17, 15) is 30.4 Å². The van der Waals surface area contributed by atoms with Crippen LogP contribution in [0, 0.1) is 6.92 Å². The molecule has 6 nitrogen and oxygen atoms in total. The van der Waals surface area contributed by atoms with Crippen LogP contribution >= 0.6 is 0 Å². The summed E-state index contributed by atoms with van der Waals surface area (Å²) in [5.41, 5.74) is -0.106. The van der Waals surface area contributed by atoms with Gasteiger partial charge in [0.05, 0.1) is 11.3 Å². The smallest absolute Gasteiger partial charge is 0.289 e. The van der Waals surface area contributed by atoms with Crippen LogP contribution in [0.4, 0.5) is 18.9 Å². The summed E-state index contributed by atoms with van der Waals surface area (Å²) in [5, 5.41) is 5.16. The second-order valence-electron chi connectivity index (χ2n) is 5.51. The normalized spacial score (nSPS) is 13.7. The van der Waals surface area contributed by atoms with Gasteiger partial charge in [0.2, 0.25) is 10.0 Å². The van der Waals surface area contributed by atoms with Crippen LogP contribution in [0.3, 0.4) is 0 Å². The first-order valence-electron chi connectivity index (χ1n) is 7.29. The zero-order valence-corrected chi connectivity index (χ0v) is 15.5. The van der Waals surface area contributed by atoms with Gasteiger partial charge in [-0.05, 0) is 48.4 Å². The van der Waals surface area contributed by atoms with Crippen LogP contribution in [0.2, 0.25) is 0 Å². The minimum Gasteiger partial charge on any atom is -0.289 e. The second kappa shape index (κ2) is 7.80. The summed E-state index contributed by atoms with van der Waals surface area (Å²) in [7, 11) is -4.19. The van der Waals surface area contributed by atoms with Gasteiger partial charge in [-0.2, -0.15) is 13.2 Å². The fourth-order valence-corrected chi connectivity index (χ4v) is 3.54. The molecule has 11 heteroatoms. The van der Waals surface area contributed by atoms with Gasteiger partial charge in [0.25, 0.3) is 11.3 Å². The zero-order chi connectivity index (χ0) is 20.4. The van der Waals surface area contributed by atoms with Gasteiger partial charge in [0, 0.05) is 6.20 Å². The molecule has 2 aromatic carbocycles. The van der Waals surface area contributed by atoms with E-state index in [0.717, 1.165) is 22.6 Å². The predicted octanol–water partition coefficient (Wildman–Crippen LogP) is 3.28. The lowest BCUT2D eigenvalue weighted by molar-refractivity contribution is -0.137. The predicted molar refractivity (Wildman–Crippen MR) is 96.3 cm³/mol. The molecule has 0 saturated heterocycles. The number of nitrogens with zero attached hydrogens (tertiary/aromatic N) is 1. The minimum absolute atomic E-state index is 0.146. The zero-order valence-electron chi connectivity index (χ0n) is 13.8. The fourth-order valence-electron chi connectivity index (χ4n) is 2.18. The van der Waals surface area contributed by atoms with Crippen molar-refractivity contribution >= 4 is 33.1 Å². The van der Waals surface area contributed by atoms with Crippen LogP contribution in [0.15, 0.2) is 53.6 Å². The van der Waals surface area contributed by atoms with Crippen molar-refractivity contribution in [3.05, 3.63) is 65.4 Å². The summed E-state index contributed by atoms with van der Waals surface area (Å²) >= 11 is -2.65. The van der Waals surface area contributed by atoms with Gasteiger partial charge < -0.3 is 0 Å². The summed E-state index contributed by atoms with van der Waals surface area (Å²) in [6.07, 6.45) is -2.13. The van der Waals surface area contributed by atoms with Crippen LogP contribution in [0.25, 0.3) is 6.08 Å². The molecule has 0 fully saturated rings. The third-order valence-electron chi connectivity index (χ3n) is 3.47. The number of hydrogen-bond donors (Lipinski definition) is 2. The van der Waals surface area contributed by atoms with E-state index in [0.29, 0.717) is 11.1 Å². The molecule has 1 unspecified atom stereocenters. The Morgan fingerprint density at radius 1 is 1.15 bits per heavy atom. The number of hydrogen-bond acceptors (Lipinski definition) is 3. The van der Waals surface area contributed by atoms with Crippen LogP contribution < -0.4 is 9.44 Å². The number of rotatable bonds is 5. The molecule has 0 aliphatic carbocycles. The Balaban J connectivity index is 2.43. The van der Waals surface area contributed by atoms with Crippen molar-refractivity contribution in [1.82, 2.24) is 0 Å². The Kier molecular flexibility index (Phi) is 6.10. The van der Waals surface area contributed by atoms with Gasteiger partial charge in [0.1, 0.15) is 4.90 Å². The maximum atomic E-state index is 12.6. The van der Waals surface area contributed by atoms with Gasteiger partial charge in [0.15, 0.2) is 0 Å². The second-order valence-corrected chi connectivity index (χ2v) is 7.89. The molecule has 0 radical (unpaired) electrons. The average molecular weight is 420 g/mol. The highest BCUT2D eigenvalue weighted by atomic mass is 32.2. The van der Waals surface area contributed by atoms with Crippen LogP contribution in [0.5, 0.6) is 0 Å². The van der Waals surface area contributed by atoms with E-state index >= 15 is 0 Å². The molecule has 0 saturated carbocycles. The standard InChI is InChI=1S/C16H15F3N2O4S2/c1-11-2-7-14(15(10-11)27(20,24)25)21(26(22)23)9-8-12-3-5-13(6-4-12)16(17,18)19/h2-10H,1H3,(H,22,23)(H2,20,24,25). The maximum Gasteiger partial charge on any atom is 0.416 e. The van der Waals surface area contributed by atoms with Crippen molar-refractivity contribution in [2.75, 3.05) is 4.31 Å². The van der Waals surface area contributed by atoms with Crippen molar-refractivity contribution in [3.63, 3.8) is 0 Å². The highest BCUT2D eigenvalue weighted by Crippen LogP contribution is 2.30. The highest BCUT2D eigenvalue weighted by molar-refractivity contribution is 7.89. The Bertz CT molecular complexity index is 988. The Hall–Kier alpha value is -2.21. The van der Waals surface area contributed by atoms with Crippen LogP contribution in [-0.2, 0) is 27.5 Å². The molecule has 0 spiro atoms. The van der Waals surface area contributed by atoms with Crippen molar-refractivity contribution in [1.29, 1.82) is 0 Å². The molecule has 146 valence electrons. The van der Waals surface area contributed by atoms with E-state index in [-0.39, 0.29) is 10.6 Å². The molecule has 0 heterocycles. The number of primary sulfonamides is 1. The number of sulfonamides is 1. The Morgan fingerprint density at radius 2 is 1.74 bits per heavy atom. The molecule has 3 N–H and O–H groups in total. The van der Waals surface area contributed by atoms with E-state index < -0.39 is 33.0 Å². The molecule has 2 rings (SSSR count). The molecular formula is C16H15F3N2O4S2. The number of halogens is 3. The lowest BCUT2D eigenvalue weighted by Crippen LogP contribution is -2.23. The fraction of sp³-hybridized carbons (Fsp3) is 0.125. The number of anilines is 1. The third-order valence-corrected chi connectivity index (χ3v) is 5.06. The van der Waals surface area contributed by atoms with Crippen LogP contribution in [0.1, 0.15) is 16.7 Å². The Labute approximate surface area is 156 Å². The average Bonchev–Trinajstić information content (AvgIpc) is 2.54. The van der Waals surface area contributed by atoms with Gasteiger partial charge in [-0.25, -0.2) is 22.1 Å². The molecule has 27 heavy (non-hydrogen) atoms. The largest absolute Gasteiger partial charge is 0.416 e.